The predicted molar refractivity (Wildman–Crippen MR) is 80.3 cm³/mol. The van der Waals surface area contributed by atoms with E-state index in [1.165, 1.54) is 0 Å². The first-order chi connectivity index (χ1) is 7.24. The normalized spacial score (nSPS) is 30.3. The molecule has 0 N–H and O–H groups in total. The Morgan fingerprint density at radius 2 is 1.69 bits per heavy atom. The molecule has 0 aliphatic carbocycles. The zero-order chi connectivity index (χ0) is 12.4. The summed E-state index contributed by atoms with van der Waals surface area (Å²) in [6, 6.07) is 0. The van der Waals surface area contributed by atoms with E-state index < -0.39 is 19.0 Å². The molecule has 1 aliphatic rings. The van der Waals surface area contributed by atoms with Gasteiger partial charge in [-0.3, -0.25) is 0 Å². The highest BCUT2D eigenvalue weighted by Gasteiger charge is 2.31. The fourth-order valence-corrected chi connectivity index (χ4v) is 17.8. The van der Waals surface area contributed by atoms with E-state index in [2.05, 4.69) is 25.9 Å². The molecule has 0 saturated carbocycles. The van der Waals surface area contributed by atoms with Crippen molar-refractivity contribution in [3.63, 3.8) is 0 Å². The summed E-state index contributed by atoms with van der Waals surface area (Å²) in [6.07, 6.45) is 1.59. The number of rotatable bonds is 3. The zero-order valence-corrected chi connectivity index (χ0v) is 14.1. The van der Waals surface area contributed by atoms with Gasteiger partial charge in [-0.1, -0.05) is 13.5 Å². The summed E-state index contributed by atoms with van der Waals surface area (Å²) in [7, 11) is -2.20. The SMILES string of the molecule is C=C=CP1(CCC)=NP(Cl)(Cl)=NP(Cl)(Cl)=N1. The Hall–Kier alpha value is 1.37. The molecule has 0 amide bonds. The first-order valence-electron chi connectivity index (χ1n) is 4.30. The molecule has 1 rings (SSSR count). The molecule has 0 radical (unpaired) electrons. The van der Waals surface area contributed by atoms with Crippen LogP contribution in [0.4, 0.5) is 0 Å². The topological polar surface area (TPSA) is 37.1 Å². The zero-order valence-electron chi connectivity index (χ0n) is 8.39. The van der Waals surface area contributed by atoms with Gasteiger partial charge in [-0.2, -0.15) is 4.52 Å². The molecular weight excluding hydrogens is 349 g/mol. The van der Waals surface area contributed by atoms with Crippen molar-refractivity contribution in [1.29, 1.82) is 0 Å². The molecule has 0 saturated heterocycles. The van der Waals surface area contributed by atoms with Crippen molar-refractivity contribution in [1.82, 2.24) is 0 Å². The van der Waals surface area contributed by atoms with Crippen LogP contribution in [-0.4, -0.2) is 6.16 Å². The van der Waals surface area contributed by atoms with Crippen molar-refractivity contribution < 1.29 is 0 Å². The Balaban J connectivity index is 3.54. The van der Waals surface area contributed by atoms with E-state index in [9.17, 15) is 0 Å². The molecule has 0 aromatic carbocycles. The lowest BCUT2D eigenvalue weighted by molar-refractivity contribution is 1.09. The number of hydrogen-bond acceptors (Lipinski definition) is 3. The summed E-state index contributed by atoms with van der Waals surface area (Å²) < 4.78 is 12.6. The average molecular weight is 359 g/mol. The first kappa shape index (κ1) is 15.4. The minimum absolute atomic E-state index is 0.716. The fraction of sp³-hybridized carbons (Fsp3) is 0.500. The second-order valence-electron chi connectivity index (χ2n) is 3.02. The molecule has 1 atom stereocenters. The van der Waals surface area contributed by atoms with Gasteiger partial charge in [-0.15, -0.1) is 5.73 Å². The van der Waals surface area contributed by atoms with Gasteiger partial charge in [-0.25, -0.2) is 9.03 Å². The highest BCUT2D eigenvalue weighted by atomic mass is 35.9. The van der Waals surface area contributed by atoms with E-state index in [0.29, 0.717) is 6.16 Å². The molecule has 1 unspecified atom stereocenters. The molecule has 0 fully saturated rings. The van der Waals surface area contributed by atoms with Gasteiger partial charge in [0.2, 0.25) is 0 Å². The van der Waals surface area contributed by atoms with Gasteiger partial charge in [-0.05, 0) is 51.4 Å². The van der Waals surface area contributed by atoms with E-state index in [1.807, 2.05) is 6.92 Å². The molecule has 3 nitrogen and oxygen atoms in total. The lowest BCUT2D eigenvalue weighted by atomic mass is 10.6. The second-order valence-corrected chi connectivity index (χ2v) is 16.0. The third-order valence-electron chi connectivity index (χ3n) is 1.59. The van der Waals surface area contributed by atoms with Crippen molar-refractivity contribution in [2.75, 3.05) is 6.16 Å². The molecule has 0 aromatic rings. The van der Waals surface area contributed by atoms with E-state index in [0.717, 1.165) is 6.42 Å². The smallest absolute Gasteiger partial charge is 0.209 e. The summed E-state index contributed by atoms with van der Waals surface area (Å²) >= 11 is 24.1. The quantitative estimate of drug-likeness (QED) is 0.366. The van der Waals surface area contributed by atoms with Gasteiger partial charge < -0.3 is 0 Å². The summed E-state index contributed by atoms with van der Waals surface area (Å²) in [5.74, 6) is -3.91. The molecule has 10 heteroatoms. The fourth-order valence-electron chi connectivity index (χ4n) is 1.24. The van der Waals surface area contributed by atoms with Crippen molar-refractivity contribution in [2.24, 2.45) is 13.5 Å². The Labute approximate surface area is 115 Å². The van der Waals surface area contributed by atoms with Crippen molar-refractivity contribution in [2.45, 2.75) is 13.3 Å². The third kappa shape index (κ3) is 4.24. The average Bonchev–Trinajstić information content (AvgIpc) is 1.97. The van der Waals surface area contributed by atoms with Crippen LogP contribution in [0.15, 0.2) is 31.7 Å². The lowest BCUT2D eigenvalue weighted by Crippen LogP contribution is -1.83. The summed E-state index contributed by atoms with van der Waals surface area (Å²) in [5, 5.41) is 0. The molecular formula is C6H10Cl4N3P3. The van der Waals surface area contributed by atoms with Gasteiger partial charge >= 0.3 is 0 Å². The minimum atomic E-state index is -2.80. The van der Waals surface area contributed by atoms with Crippen molar-refractivity contribution >= 4 is 64.0 Å². The predicted octanol–water partition coefficient (Wildman–Crippen LogP) is 7.67. The standard InChI is InChI=1S/C6H10Cl4N3P3/c1-3-5-14(6-4-2)11-15(7,8)13-16(9,10)12-14/h5H,1,4,6H2,2H3. The third-order valence-corrected chi connectivity index (χ3v) is 14.1. The Morgan fingerprint density at radius 3 is 2.12 bits per heavy atom. The summed E-state index contributed by atoms with van der Waals surface area (Å²) in [4.78, 5) is 0. The van der Waals surface area contributed by atoms with Crippen molar-refractivity contribution in [3.05, 3.63) is 18.1 Å². The van der Waals surface area contributed by atoms with Gasteiger partial charge in [0.1, 0.15) is 7.21 Å². The molecule has 16 heavy (non-hydrogen) atoms. The number of hydrogen-bond donors (Lipinski definition) is 0. The molecule has 1 aliphatic heterocycles. The Bertz CT molecular complexity index is 486. The molecule has 0 spiro atoms. The largest absolute Gasteiger partial charge is 0.255 e. The summed E-state index contributed by atoms with van der Waals surface area (Å²) in [5.41, 5.74) is 2.68. The molecule has 0 bridgehead atoms. The van der Waals surface area contributed by atoms with Crippen LogP contribution >= 0.6 is 64.0 Å². The second kappa shape index (κ2) is 5.56. The van der Waals surface area contributed by atoms with Crippen LogP contribution in [0.2, 0.25) is 0 Å². The van der Waals surface area contributed by atoms with Crippen LogP contribution in [0, 0.1) is 0 Å². The van der Waals surface area contributed by atoms with Gasteiger partial charge in [0.15, 0.2) is 0 Å². The van der Waals surface area contributed by atoms with Crippen LogP contribution in [0.1, 0.15) is 13.3 Å². The maximum atomic E-state index is 6.01. The number of halogens is 4. The maximum absolute atomic E-state index is 6.01. The number of nitrogens with zero attached hydrogens (tertiary/aromatic N) is 3. The monoisotopic (exact) mass is 357 g/mol. The molecule has 1 heterocycles. The van der Waals surface area contributed by atoms with Gasteiger partial charge in [0.25, 0.3) is 11.8 Å². The molecule has 0 aromatic heterocycles. The van der Waals surface area contributed by atoms with Crippen LogP contribution in [0.5, 0.6) is 0 Å². The van der Waals surface area contributed by atoms with Crippen LogP contribution < -0.4 is 0 Å². The van der Waals surface area contributed by atoms with Crippen LogP contribution in [-0.2, 0) is 0 Å². The lowest BCUT2D eigenvalue weighted by Gasteiger charge is -2.23. The maximum Gasteiger partial charge on any atom is 0.255 e. The Morgan fingerprint density at radius 1 is 1.12 bits per heavy atom. The summed E-state index contributed by atoms with van der Waals surface area (Å²) in [6.45, 7) is 5.54. The van der Waals surface area contributed by atoms with E-state index in [-0.39, 0.29) is 0 Å². The Kier molecular flexibility index (Phi) is 5.36. The highest BCUT2D eigenvalue weighted by Crippen LogP contribution is 2.85. The van der Waals surface area contributed by atoms with Gasteiger partial charge in [0, 0.05) is 12.0 Å². The van der Waals surface area contributed by atoms with Crippen LogP contribution in [0.25, 0.3) is 0 Å². The van der Waals surface area contributed by atoms with Gasteiger partial charge in [0.05, 0.1) is 0 Å². The van der Waals surface area contributed by atoms with E-state index in [1.54, 1.807) is 5.82 Å². The van der Waals surface area contributed by atoms with Crippen molar-refractivity contribution in [3.8, 4) is 0 Å². The molecule has 92 valence electrons. The van der Waals surface area contributed by atoms with E-state index >= 15 is 0 Å². The van der Waals surface area contributed by atoms with Crippen LogP contribution in [0.3, 0.4) is 0 Å². The minimum Gasteiger partial charge on any atom is -0.209 e. The van der Waals surface area contributed by atoms with E-state index in [4.69, 9.17) is 45.0 Å². The highest BCUT2D eigenvalue weighted by molar-refractivity contribution is 8.21. The first-order valence-corrected chi connectivity index (χ1v) is 13.3.